The van der Waals surface area contributed by atoms with Crippen molar-refractivity contribution < 1.29 is 0 Å². The predicted octanol–water partition coefficient (Wildman–Crippen LogP) is 3.27. The van der Waals surface area contributed by atoms with Crippen LogP contribution in [0, 0.1) is 6.92 Å². The molecule has 0 atom stereocenters. The van der Waals surface area contributed by atoms with Gasteiger partial charge in [-0.3, -0.25) is 4.98 Å². The Morgan fingerprint density at radius 1 is 1.23 bits per heavy atom. The molecule has 1 aromatic heterocycles. The summed E-state index contributed by atoms with van der Waals surface area (Å²) in [6.45, 7) is 2.14. The summed E-state index contributed by atoms with van der Waals surface area (Å²) in [5, 5.41) is 1.26. The molecule has 66 valence electrons. The fourth-order valence-electron chi connectivity index (χ4n) is 1.51. The van der Waals surface area contributed by atoms with Gasteiger partial charge < -0.3 is 0 Å². The minimum Gasteiger partial charge on any atom is -0.256 e. The van der Waals surface area contributed by atoms with Crippen molar-refractivity contribution in [2.24, 2.45) is 0 Å². The highest BCUT2D eigenvalue weighted by atomic mass is 32.2. The van der Waals surface area contributed by atoms with E-state index in [1.807, 2.05) is 12.3 Å². The second-order valence-electron chi connectivity index (χ2n) is 2.99. The van der Waals surface area contributed by atoms with E-state index in [4.69, 9.17) is 0 Å². The molecule has 0 fully saturated rings. The maximum Gasteiger partial charge on any atom is 0.0713 e. The first-order valence-electron chi connectivity index (χ1n) is 4.21. The van der Waals surface area contributed by atoms with Gasteiger partial charge in [-0.25, -0.2) is 0 Å². The Balaban J connectivity index is 2.84. The van der Waals surface area contributed by atoms with E-state index in [9.17, 15) is 0 Å². The fraction of sp³-hybridized carbons (Fsp3) is 0.182. The van der Waals surface area contributed by atoms with Crippen LogP contribution in [0.2, 0.25) is 0 Å². The number of hydrogen-bond donors (Lipinski definition) is 0. The van der Waals surface area contributed by atoms with Crippen LogP contribution in [-0.4, -0.2) is 11.2 Å². The summed E-state index contributed by atoms with van der Waals surface area (Å²) in [5.74, 6) is 0. The Morgan fingerprint density at radius 2 is 2.08 bits per heavy atom. The van der Waals surface area contributed by atoms with E-state index >= 15 is 0 Å². The van der Waals surface area contributed by atoms with Gasteiger partial charge in [-0.1, -0.05) is 12.1 Å². The van der Waals surface area contributed by atoms with Crippen molar-refractivity contribution in [2.45, 2.75) is 11.8 Å². The lowest BCUT2D eigenvalue weighted by Crippen LogP contribution is -1.84. The summed E-state index contributed by atoms with van der Waals surface area (Å²) < 4.78 is 0. The molecule has 0 aliphatic heterocycles. The first kappa shape index (κ1) is 8.57. The van der Waals surface area contributed by atoms with Gasteiger partial charge in [0, 0.05) is 16.5 Å². The van der Waals surface area contributed by atoms with Gasteiger partial charge in [-0.05, 0) is 30.9 Å². The molecule has 0 aliphatic rings. The van der Waals surface area contributed by atoms with E-state index in [2.05, 4.69) is 36.4 Å². The molecule has 1 heterocycles. The molecule has 0 unspecified atom stereocenters. The van der Waals surface area contributed by atoms with E-state index in [-0.39, 0.29) is 0 Å². The van der Waals surface area contributed by atoms with Gasteiger partial charge in [0.2, 0.25) is 0 Å². The summed E-state index contributed by atoms with van der Waals surface area (Å²) in [6, 6.07) is 8.31. The molecule has 13 heavy (non-hydrogen) atoms. The van der Waals surface area contributed by atoms with Crippen LogP contribution >= 0.6 is 11.8 Å². The number of aryl methyl sites for hydroxylation is 1. The number of benzene rings is 1. The van der Waals surface area contributed by atoms with Gasteiger partial charge in [0.1, 0.15) is 0 Å². The van der Waals surface area contributed by atoms with Gasteiger partial charge in [0.15, 0.2) is 0 Å². The Bertz CT molecular complexity index is 437. The highest BCUT2D eigenvalue weighted by molar-refractivity contribution is 7.98. The maximum absolute atomic E-state index is 4.32. The van der Waals surface area contributed by atoms with E-state index in [1.54, 1.807) is 11.8 Å². The lowest BCUT2D eigenvalue weighted by atomic mass is 10.1. The predicted molar refractivity (Wildman–Crippen MR) is 58.3 cm³/mol. The molecule has 2 rings (SSSR count). The topological polar surface area (TPSA) is 12.9 Å². The van der Waals surface area contributed by atoms with Crippen LogP contribution in [0.3, 0.4) is 0 Å². The van der Waals surface area contributed by atoms with E-state index in [1.165, 1.54) is 15.8 Å². The van der Waals surface area contributed by atoms with Gasteiger partial charge in [-0.2, -0.15) is 0 Å². The van der Waals surface area contributed by atoms with Crippen molar-refractivity contribution in [1.82, 2.24) is 4.98 Å². The van der Waals surface area contributed by atoms with Crippen molar-refractivity contribution in [2.75, 3.05) is 6.26 Å². The number of thioether (sulfide) groups is 1. The molecule has 0 saturated heterocycles. The van der Waals surface area contributed by atoms with Crippen LogP contribution in [0.15, 0.2) is 35.4 Å². The first-order valence-corrected chi connectivity index (χ1v) is 5.43. The molecule has 0 N–H and O–H groups in total. The third kappa shape index (κ3) is 1.42. The molecule has 0 aliphatic carbocycles. The Hall–Kier alpha value is -1.02. The van der Waals surface area contributed by atoms with Crippen LogP contribution in [0.25, 0.3) is 10.9 Å². The number of pyridine rings is 1. The summed E-state index contributed by atoms with van der Waals surface area (Å²) >= 11 is 1.78. The van der Waals surface area contributed by atoms with Gasteiger partial charge in [-0.15, -0.1) is 11.8 Å². The third-order valence-corrected chi connectivity index (χ3v) is 3.09. The van der Waals surface area contributed by atoms with Crippen LogP contribution in [-0.2, 0) is 0 Å². The second kappa shape index (κ2) is 3.38. The zero-order valence-electron chi connectivity index (χ0n) is 7.74. The van der Waals surface area contributed by atoms with Crippen LogP contribution in [0.4, 0.5) is 0 Å². The normalized spacial score (nSPS) is 10.6. The van der Waals surface area contributed by atoms with Crippen LogP contribution in [0.5, 0.6) is 0 Å². The molecule has 1 aromatic carbocycles. The number of rotatable bonds is 1. The molecule has 1 nitrogen and oxygen atoms in total. The molecule has 0 amide bonds. The first-order chi connectivity index (χ1) is 6.33. The maximum atomic E-state index is 4.32. The molecule has 0 radical (unpaired) electrons. The van der Waals surface area contributed by atoms with Gasteiger partial charge >= 0.3 is 0 Å². The van der Waals surface area contributed by atoms with Crippen molar-refractivity contribution in [3.63, 3.8) is 0 Å². The smallest absolute Gasteiger partial charge is 0.0713 e. The summed E-state index contributed by atoms with van der Waals surface area (Å²) in [7, 11) is 0. The molecule has 2 aromatic rings. The van der Waals surface area contributed by atoms with Gasteiger partial charge in [0.05, 0.1) is 5.52 Å². The Morgan fingerprint density at radius 3 is 2.85 bits per heavy atom. The van der Waals surface area contributed by atoms with E-state index in [0.717, 1.165) is 5.52 Å². The van der Waals surface area contributed by atoms with E-state index in [0.29, 0.717) is 0 Å². The van der Waals surface area contributed by atoms with Crippen molar-refractivity contribution in [3.05, 3.63) is 36.0 Å². The molecular formula is C11H11NS. The van der Waals surface area contributed by atoms with Crippen molar-refractivity contribution in [1.29, 1.82) is 0 Å². The lowest BCUT2D eigenvalue weighted by Gasteiger charge is -2.05. The average molecular weight is 189 g/mol. The lowest BCUT2D eigenvalue weighted by molar-refractivity contribution is 1.32. The second-order valence-corrected chi connectivity index (χ2v) is 3.80. The van der Waals surface area contributed by atoms with Crippen LogP contribution in [0.1, 0.15) is 5.56 Å². The summed E-state index contributed by atoms with van der Waals surface area (Å²) in [6.07, 6.45) is 3.94. The summed E-state index contributed by atoms with van der Waals surface area (Å²) in [5.41, 5.74) is 2.41. The molecule has 0 bridgehead atoms. The Labute approximate surface area is 82.2 Å². The quantitative estimate of drug-likeness (QED) is 0.639. The fourth-order valence-corrected chi connectivity index (χ4v) is 2.29. The van der Waals surface area contributed by atoms with Crippen molar-refractivity contribution >= 4 is 22.7 Å². The highest BCUT2D eigenvalue weighted by Crippen LogP contribution is 2.28. The third-order valence-electron chi connectivity index (χ3n) is 2.14. The molecule has 2 heteroatoms. The Kier molecular flexibility index (Phi) is 2.23. The van der Waals surface area contributed by atoms with Crippen LogP contribution < -0.4 is 0 Å². The molecular weight excluding hydrogens is 178 g/mol. The number of nitrogens with zero attached hydrogens (tertiary/aromatic N) is 1. The largest absolute Gasteiger partial charge is 0.256 e. The molecule has 0 spiro atoms. The minimum atomic E-state index is 1.08. The standard InChI is InChI=1S/C11H11NS/c1-8-5-6-10-9(11(8)13-2)4-3-7-12-10/h3-7H,1-2H3. The zero-order valence-corrected chi connectivity index (χ0v) is 8.56. The van der Waals surface area contributed by atoms with Gasteiger partial charge in [0.25, 0.3) is 0 Å². The number of aromatic nitrogens is 1. The zero-order chi connectivity index (χ0) is 9.26. The molecule has 0 saturated carbocycles. The SMILES string of the molecule is CSc1c(C)ccc2ncccc12. The van der Waals surface area contributed by atoms with E-state index < -0.39 is 0 Å². The monoisotopic (exact) mass is 189 g/mol. The van der Waals surface area contributed by atoms with Crippen molar-refractivity contribution in [3.8, 4) is 0 Å². The highest BCUT2D eigenvalue weighted by Gasteiger charge is 2.02. The average Bonchev–Trinajstić information content (AvgIpc) is 2.18. The number of hydrogen-bond acceptors (Lipinski definition) is 2. The summed E-state index contributed by atoms with van der Waals surface area (Å²) in [4.78, 5) is 5.66. The number of fused-ring (bicyclic) bond motifs is 1. The minimum absolute atomic E-state index is 1.08.